The largest absolute Gasteiger partial charge is 0.444 e. The van der Waals surface area contributed by atoms with E-state index >= 15 is 0 Å². The predicted molar refractivity (Wildman–Crippen MR) is 103 cm³/mol. The molecule has 1 atom stereocenters. The first-order valence-electron chi connectivity index (χ1n) is 10.3. The number of nitrogens with zero attached hydrogens (tertiary/aromatic N) is 1. The normalized spacial score (nSPS) is 28.5. The summed E-state index contributed by atoms with van der Waals surface area (Å²) >= 11 is 0. The zero-order chi connectivity index (χ0) is 19.2. The van der Waals surface area contributed by atoms with Gasteiger partial charge in [0.05, 0.1) is 0 Å². The third-order valence-corrected chi connectivity index (χ3v) is 5.31. The predicted octanol–water partition coefficient (Wildman–Crippen LogP) is 3.19. The molecule has 0 spiro atoms. The van der Waals surface area contributed by atoms with Gasteiger partial charge in [-0.2, -0.15) is 0 Å². The highest BCUT2D eigenvalue weighted by molar-refractivity contribution is 5.79. The standard InChI is InChI=1S/C20H37N3O3/c1-20(2,3)26-19(25)23-13-12-17(14-23)22-18(24)15-8-4-6-10-16(21)11-7-5-9-15/h15-17H,4-14,21H2,1-3H3,(H,22,24)/t15?,16?,17-/m1/s1. The van der Waals surface area contributed by atoms with Gasteiger partial charge < -0.3 is 20.7 Å². The van der Waals surface area contributed by atoms with E-state index in [-0.39, 0.29) is 24.0 Å². The van der Waals surface area contributed by atoms with E-state index in [1.54, 1.807) is 4.90 Å². The first-order chi connectivity index (χ1) is 12.2. The van der Waals surface area contributed by atoms with Crippen LogP contribution in [0.25, 0.3) is 0 Å². The van der Waals surface area contributed by atoms with Gasteiger partial charge in [0, 0.05) is 31.1 Å². The monoisotopic (exact) mass is 367 g/mol. The Labute approximate surface area is 158 Å². The van der Waals surface area contributed by atoms with E-state index < -0.39 is 5.60 Å². The molecule has 0 aromatic heterocycles. The molecule has 2 amide bonds. The summed E-state index contributed by atoms with van der Waals surface area (Å²) in [5.41, 5.74) is 5.59. The average Bonchev–Trinajstić information content (AvgIpc) is 3.00. The van der Waals surface area contributed by atoms with Crippen molar-refractivity contribution in [1.82, 2.24) is 10.2 Å². The molecule has 6 nitrogen and oxygen atoms in total. The van der Waals surface area contributed by atoms with Crippen LogP contribution in [0.3, 0.4) is 0 Å². The van der Waals surface area contributed by atoms with Crippen LogP contribution in [0.4, 0.5) is 4.79 Å². The van der Waals surface area contributed by atoms with E-state index in [1.165, 1.54) is 0 Å². The smallest absolute Gasteiger partial charge is 0.410 e. The molecule has 26 heavy (non-hydrogen) atoms. The number of ether oxygens (including phenoxy) is 1. The van der Waals surface area contributed by atoms with Crippen LogP contribution in [0.1, 0.15) is 78.6 Å². The Morgan fingerprint density at radius 2 is 1.58 bits per heavy atom. The molecule has 0 radical (unpaired) electrons. The van der Waals surface area contributed by atoms with Crippen LogP contribution in [0.15, 0.2) is 0 Å². The second kappa shape index (κ2) is 9.58. The number of hydrogen-bond donors (Lipinski definition) is 2. The summed E-state index contributed by atoms with van der Waals surface area (Å²) in [7, 11) is 0. The number of nitrogens with two attached hydrogens (primary N) is 1. The highest BCUT2D eigenvalue weighted by Gasteiger charge is 2.31. The summed E-state index contributed by atoms with van der Waals surface area (Å²) < 4.78 is 5.42. The quantitative estimate of drug-likeness (QED) is 0.785. The minimum Gasteiger partial charge on any atom is -0.444 e. The summed E-state index contributed by atoms with van der Waals surface area (Å²) in [5.74, 6) is 0.255. The summed E-state index contributed by atoms with van der Waals surface area (Å²) in [5, 5.41) is 3.18. The van der Waals surface area contributed by atoms with Crippen molar-refractivity contribution < 1.29 is 14.3 Å². The number of amides is 2. The number of carbonyl (C=O) groups excluding carboxylic acids is 2. The first kappa shape index (κ1) is 21.0. The fraction of sp³-hybridized carbons (Fsp3) is 0.900. The maximum absolute atomic E-state index is 12.7. The van der Waals surface area contributed by atoms with E-state index in [0.29, 0.717) is 19.1 Å². The zero-order valence-electron chi connectivity index (χ0n) is 16.8. The highest BCUT2D eigenvalue weighted by Crippen LogP contribution is 2.22. The fourth-order valence-electron chi connectivity index (χ4n) is 3.83. The van der Waals surface area contributed by atoms with Crippen molar-refractivity contribution >= 4 is 12.0 Å². The molecule has 3 N–H and O–H groups in total. The molecule has 0 aromatic carbocycles. The number of likely N-dealkylation sites (tertiary alicyclic amines) is 1. The number of nitrogens with one attached hydrogen (secondary N) is 1. The molecule has 1 saturated carbocycles. The van der Waals surface area contributed by atoms with Crippen molar-refractivity contribution in [3.05, 3.63) is 0 Å². The maximum Gasteiger partial charge on any atom is 0.410 e. The number of rotatable bonds is 2. The van der Waals surface area contributed by atoms with Gasteiger partial charge in [0.1, 0.15) is 5.60 Å². The van der Waals surface area contributed by atoms with Gasteiger partial charge in [-0.25, -0.2) is 4.79 Å². The van der Waals surface area contributed by atoms with Gasteiger partial charge >= 0.3 is 6.09 Å². The Morgan fingerprint density at radius 3 is 2.15 bits per heavy atom. The summed E-state index contributed by atoms with van der Waals surface area (Å²) in [4.78, 5) is 26.6. The molecule has 2 fully saturated rings. The second-order valence-corrected chi connectivity index (χ2v) is 8.95. The van der Waals surface area contributed by atoms with Gasteiger partial charge in [-0.3, -0.25) is 4.79 Å². The molecule has 1 heterocycles. The SMILES string of the molecule is CC(C)(C)OC(=O)N1CC[C@@H](NC(=O)C2CCCCC(N)CCCC2)C1. The van der Waals surface area contributed by atoms with Crippen molar-refractivity contribution in [3.8, 4) is 0 Å². The van der Waals surface area contributed by atoms with Crippen LogP contribution in [0.2, 0.25) is 0 Å². The van der Waals surface area contributed by atoms with Crippen molar-refractivity contribution in [2.24, 2.45) is 11.7 Å². The van der Waals surface area contributed by atoms with Gasteiger partial charge in [0.25, 0.3) is 0 Å². The van der Waals surface area contributed by atoms with E-state index in [0.717, 1.165) is 57.8 Å². The first-order valence-corrected chi connectivity index (χ1v) is 10.3. The third kappa shape index (κ3) is 7.14. The van der Waals surface area contributed by atoms with Crippen molar-refractivity contribution in [3.63, 3.8) is 0 Å². The van der Waals surface area contributed by atoms with Crippen LogP contribution in [-0.4, -0.2) is 47.7 Å². The van der Waals surface area contributed by atoms with E-state index in [9.17, 15) is 9.59 Å². The van der Waals surface area contributed by atoms with Crippen LogP contribution >= 0.6 is 0 Å². The fourth-order valence-corrected chi connectivity index (χ4v) is 3.83. The lowest BCUT2D eigenvalue weighted by Gasteiger charge is -2.25. The molecular weight excluding hydrogens is 330 g/mol. The Balaban J connectivity index is 1.78. The van der Waals surface area contributed by atoms with E-state index in [1.807, 2.05) is 20.8 Å². The Morgan fingerprint density at radius 1 is 1.00 bits per heavy atom. The number of hydrogen-bond acceptors (Lipinski definition) is 4. The summed E-state index contributed by atoms with van der Waals surface area (Å²) in [6, 6.07) is 0.372. The molecular formula is C20H37N3O3. The Kier molecular flexibility index (Phi) is 7.74. The van der Waals surface area contributed by atoms with Crippen LogP contribution < -0.4 is 11.1 Å². The van der Waals surface area contributed by atoms with Gasteiger partial charge in [-0.1, -0.05) is 25.7 Å². The molecule has 0 aromatic rings. The topological polar surface area (TPSA) is 84.7 Å². The maximum atomic E-state index is 12.7. The van der Waals surface area contributed by atoms with Gasteiger partial charge in [0.15, 0.2) is 0 Å². The van der Waals surface area contributed by atoms with Gasteiger partial charge in [-0.15, -0.1) is 0 Å². The lowest BCUT2D eigenvalue weighted by Crippen LogP contribution is -2.42. The van der Waals surface area contributed by atoms with Crippen LogP contribution in [-0.2, 0) is 9.53 Å². The second-order valence-electron chi connectivity index (χ2n) is 8.95. The molecule has 0 bridgehead atoms. The lowest BCUT2D eigenvalue weighted by molar-refractivity contribution is -0.126. The third-order valence-electron chi connectivity index (χ3n) is 5.31. The molecule has 1 aliphatic heterocycles. The highest BCUT2D eigenvalue weighted by atomic mass is 16.6. The minimum atomic E-state index is -0.489. The molecule has 2 aliphatic rings. The molecule has 1 aliphatic carbocycles. The van der Waals surface area contributed by atoms with Gasteiger partial charge in [-0.05, 0) is 52.9 Å². The van der Waals surface area contributed by atoms with Crippen LogP contribution in [0.5, 0.6) is 0 Å². The van der Waals surface area contributed by atoms with E-state index in [4.69, 9.17) is 10.5 Å². The Hall–Kier alpha value is -1.30. The van der Waals surface area contributed by atoms with Crippen LogP contribution in [0, 0.1) is 5.92 Å². The van der Waals surface area contributed by atoms with Crippen molar-refractivity contribution in [1.29, 1.82) is 0 Å². The van der Waals surface area contributed by atoms with Crippen molar-refractivity contribution in [2.75, 3.05) is 13.1 Å². The average molecular weight is 368 g/mol. The number of carbonyl (C=O) groups is 2. The minimum absolute atomic E-state index is 0.0406. The molecule has 0 unspecified atom stereocenters. The lowest BCUT2D eigenvalue weighted by atomic mass is 9.90. The summed E-state index contributed by atoms with van der Waals surface area (Å²) in [6.07, 6.45) is 8.91. The molecule has 6 heteroatoms. The molecule has 2 rings (SSSR count). The van der Waals surface area contributed by atoms with Gasteiger partial charge in [0.2, 0.25) is 5.91 Å². The zero-order valence-corrected chi connectivity index (χ0v) is 16.8. The molecule has 150 valence electrons. The van der Waals surface area contributed by atoms with E-state index in [2.05, 4.69) is 5.32 Å². The van der Waals surface area contributed by atoms with Crippen molar-refractivity contribution in [2.45, 2.75) is 96.2 Å². The summed E-state index contributed by atoms with van der Waals surface area (Å²) in [6.45, 7) is 6.79. The Bertz CT molecular complexity index is 463. The molecule has 1 saturated heterocycles.